The molecule has 14 heavy (non-hydrogen) atoms. The molecule has 0 amide bonds. The molecule has 0 heterocycles. The van der Waals surface area contributed by atoms with Crippen LogP contribution in [-0.4, -0.2) is 25.2 Å². The monoisotopic (exact) mass is 200 g/mol. The molecule has 0 spiro atoms. The van der Waals surface area contributed by atoms with Crippen LogP contribution in [0.15, 0.2) is 0 Å². The maximum absolute atomic E-state index is 3.49. The SMILES string of the molecule is CCC(C)(C)CNCCNC(C)(C)C. The number of nitrogens with one attached hydrogen (secondary N) is 2. The Labute approximate surface area is 89.9 Å². The highest BCUT2D eigenvalue weighted by molar-refractivity contribution is 4.72. The summed E-state index contributed by atoms with van der Waals surface area (Å²) >= 11 is 0. The van der Waals surface area contributed by atoms with Crippen LogP contribution < -0.4 is 10.6 Å². The van der Waals surface area contributed by atoms with Crippen molar-refractivity contribution in [3.63, 3.8) is 0 Å². The zero-order valence-electron chi connectivity index (χ0n) is 10.8. The Morgan fingerprint density at radius 2 is 1.50 bits per heavy atom. The molecule has 2 heteroatoms. The van der Waals surface area contributed by atoms with E-state index in [1.807, 2.05) is 0 Å². The molecule has 0 fully saturated rings. The van der Waals surface area contributed by atoms with E-state index in [0.717, 1.165) is 19.6 Å². The van der Waals surface area contributed by atoms with Crippen LogP contribution in [0, 0.1) is 5.41 Å². The van der Waals surface area contributed by atoms with Gasteiger partial charge in [0.25, 0.3) is 0 Å². The summed E-state index contributed by atoms with van der Waals surface area (Å²) in [5.41, 5.74) is 0.670. The molecule has 0 aromatic heterocycles. The fourth-order valence-electron chi connectivity index (χ4n) is 1.08. The molecule has 0 aromatic carbocycles. The second-order valence-corrected chi connectivity index (χ2v) is 5.87. The van der Waals surface area contributed by atoms with Gasteiger partial charge in [0.2, 0.25) is 0 Å². The Morgan fingerprint density at radius 3 is 1.93 bits per heavy atom. The predicted octanol–water partition coefficient (Wildman–Crippen LogP) is 2.40. The van der Waals surface area contributed by atoms with E-state index in [4.69, 9.17) is 0 Å². The van der Waals surface area contributed by atoms with Gasteiger partial charge in [0.15, 0.2) is 0 Å². The summed E-state index contributed by atoms with van der Waals surface area (Å²) in [5, 5.41) is 6.95. The van der Waals surface area contributed by atoms with Crippen molar-refractivity contribution in [3.8, 4) is 0 Å². The molecule has 0 bridgehead atoms. The van der Waals surface area contributed by atoms with Crippen molar-refractivity contribution in [2.45, 2.75) is 53.5 Å². The van der Waals surface area contributed by atoms with Crippen LogP contribution in [0.1, 0.15) is 48.0 Å². The molecule has 0 rings (SSSR count). The van der Waals surface area contributed by atoms with Crippen molar-refractivity contribution in [2.24, 2.45) is 5.41 Å². The van der Waals surface area contributed by atoms with Crippen molar-refractivity contribution in [1.82, 2.24) is 10.6 Å². The maximum atomic E-state index is 3.49. The lowest BCUT2D eigenvalue weighted by molar-refractivity contribution is 0.323. The third-order valence-corrected chi connectivity index (χ3v) is 2.52. The summed E-state index contributed by atoms with van der Waals surface area (Å²) < 4.78 is 0. The summed E-state index contributed by atoms with van der Waals surface area (Å²) in [5.74, 6) is 0. The quantitative estimate of drug-likeness (QED) is 0.643. The molecule has 0 atom stereocenters. The van der Waals surface area contributed by atoms with E-state index in [0.29, 0.717) is 5.41 Å². The van der Waals surface area contributed by atoms with E-state index in [1.54, 1.807) is 0 Å². The molecule has 86 valence electrons. The lowest BCUT2D eigenvalue weighted by Crippen LogP contribution is -2.41. The third kappa shape index (κ3) is 8.52. The van der Waals surface area contributed by atoms with E-state index in [-0.39, 0.29) is 5.54 Å². The summed E-state index contributed by atoms with van der Waals surface area (Å²) in [7, 11) is 0. The molecule has 0 radical (unpaired) electrons. The topological polar surface area (TPSA) is 24.1 Å². The first-order valence-corrected chi connectivity index (χ1v) is 5.72. The van der Waals surface area contributed by atoms with Crippen LogP contribution in [-0.2, 0) is 0 Å². The molecular formula is C12H28N2. The van der Waals surface area contributed by atoms with Crippen molar-refractivity contribution in [2.75, 3.05) is 19.6 Å². The van der Waals surface area contributed by atoms with Gasteiger partial charge in [-0.2, -0.15) is 0 Å². The van der Waals surface area contributed by atoms with Crippen LogP contribution in [0.3, 0.4) is 0 Å². The zero-order valence-corrected chi connectivity index (χ0v) is 10.8. The highest BCUT2D eigenvalue weighted by Gasteiger charge is 2.14. The Morgan fingerprint density at radius 1 is 0.929 bits per heavy atom. The minimum absolute atomic E-state index is 0.238. The van der Waals surface area contributed by atoms with Crippen LogP contribution in [0.2, 0.25) is 0 Å². The largest absolute Gasteiger partial charge is 0.315 e. The minimum Gasteiger partial charge on any atom is -0.315 e. The number of rotatable bonds is 6. The summed E-state index contributed by atoms with van der Waals surface area (Å²) in [6.07, 6.45) is 1.23. The normalized spacial score (nSPS) is 13.3. The van der Waals surface area contributed by atoms with Crippen LogP contribution in [0.5, 0.6) is 0 Å². The molecule has 0 aliphatic rings. The lowest BCUT2D eigenvalue weighted by Gasteiger charge is -2.24. The van der Waals surface area contributed by atoms with Gasteiger partial charge in [-0.15, -0.1) is 0 Å². The fraction of sp³-hybridized carbons (Fsp3) is 1.00. The second kappa shape index (κ2) is 5.72. The lowest BCUT2D eigenvalue weighted by atomic mass is 9.90. The average Bonchev–Trinajstić information content (AvgIpc) is 2.01. The van der Waals surface area contributed by atoms with Gasteiger partial charge in [-0.05, 0) is 32.6 Å². The van der Waals surface area contributed by atoms with Crippen molar-refractivity contribution < 1.29 is 0 Å². The minimum atomic E-state index is 0.238. The molecule has 0 saturated heterocycles. The van der Waals surface area contributed by atoms with Crippen molar-refractivity contribution in [3.05, 3.63) is 0 Å². The Bertz CT molecular complexity index is 145. The summed E-state index contributed by atoms with van der Waals surface area (Å²) in [6, 6.07) is 0. The predicted molar refractivity (Wildman–Crippen MR) is 64.7 cm³/mol. The van der Waals surface area contributed by atoms with Crippen LogP contribution in [0.4, 0.5) is 0 Å². The first-order chi connectivity index (χ1) is 6.27. The Balaban J connectivity index is 3.39. The summed E-state index contributed by atoms with van der Waals surface area (Å²) in [4.78, 5) is 0. The fourth-order valence-corrected chi connectivity index (χ4v) is 1.08. The van der Waals surface area contributed by atoms with E-state index in [1.165, 1.54) is 6.42 Å². The molecule has 2 N–H and O–H groups in total. The van der Waals surface area contributed by atoms with Gasteiger partial charge in [0.1, 0.15) is 0 Å². The summed E-state index contributed by atoms with van der Waals surface area (Å²) in [6.45, 7) is 16.7. The Kier molecular flexibility index (Phi) is 5.68. The van der Waals surface area contributed by atoms with Gasteiger partial charge < -0.3 is 10.6 Å². The molecule has 0 unspecified atom stereocenters. The molecular weight excluding hydrogens is 172 g/mol. The van der Waals surface area contributed by atoms with Crippen LogP contribution in [0.25, 0.3) is 0 Å². The van der Waals surface area contributed by atoms with Crippen molar-refractivity contribution >= 4 is 0 Å². The maximum Gasteiger partial charge on any atom is 0.00970 e. The molecule has 0 saturated carbocycles. The zero-order chi connectivity index (χ0) is 11.2. The highest BCUT2D eigenvalue weighted by atomic mass is 15.0. The number of hydrogen-bond donors (Lipinski definition) is 2. The van der Waals surface area contributed by atoms with E-state index in [9.17, 15) is 0 Å². The molecule has 0 aromatic rings. The van der Waals surface area contributed by atoms with Gasteiger partial charge in [-0.1, -0.05) is 20.8 Å². The second-order valence-electron chi connectivity index (χ2n) is 5.87. The van der Waals surface area contributed by atoms with E-state index < -0.39 is 0 Å². The highest BCUT2D eigenvalue weighted by Crippen LogP contribution is 2.17. The first-order valence-electron chi connectivity index (χ1n) is 5.72. The van der Waals surface area contributed by atoms with Gasteiger partial charge >= 0.3 is 0 Å². The van der Waals surface area contributed by atoms with Crippen molar-refractivity contribution in [1.29, 1.82) is 0 Å². The molecule has 0 aliphatic carbocycles. The average molecular weight is 200 g/mol. The molecule has 0 aliphatic heterocycles. The van der Waals surface area contributed by atoms with Gasteiger partial charge in [0, 0.05) is 25.2 Å². The smallest absolute Gasteiger partial charge is 0.00970 e. The first kappa shape index (κ1) is 13.9. The third-order valence-electron chi connectivity index (χ3n) is 2.52. The van der Waals surface area contributed by atoms with Crippen LogP contribution >= 0.6 is 0 Å². The van der Waals surface area contributed by atoms with E-state index >= 15 is 0 Å². The van der Waals surface area contributed by atoms with E-state index in [2.05, 4.69) is 52.2 Å². The van der Waals surface area contributed by atoms with Gasteiger partial charge in [-0.25, -0.2) is 0 Å². The molecule has 2 nitrogen and oxygen atoms in total. The van der Waals surface area contributed by atoms with Gasteiger partial charge in [0.05, 0.1) is 0 Å². The number of hydrogen-bond acceptors (Lipinski definition) is 2. The Hall–Kier alpha value is -0.0800. The standard InChI is InChI=1S/C12H28N2/c1-7-12(5,6)10-13-8-9-14-11(2,3)4/h13-14H,7-10H2,1-6H3. The van der Waals surface area contributed by atoms with Gasteiger partial charge in [-0.3, -0.25) is 0 Å².